The Hall–Kier alpha value is -2.94. The molecule has 182 valence electrons. The summed E-state index contributed by atoms with van der Waals surface area (Å²) in [5, 5.41) is 34.3. The number of aliphatic hydroxyl groups is 1. The topological polar surface area (TPSA) is 126 Å². The molecule has 3 aliphatic rings. The van der Waals surface area contributed by atoms with Crippen LogP contribution < -0.4 is 5.32 Å². The number of pyridine rings is 1. The van der Waals surface area contributed by atoms with Crippen molar-refractivity contribution in [3.8, 4) is 12.1 Å². The molecule has 2 bridgehead atoms. The van der Waals surface area contributed by atoms with Gasteiger partial charge in [0.05, 0.1) is 23.9 Å². The molecule has 3 fully saturated rings. The molecule has 3 heterocycles. The molecule has 3 aromatic heterocycles. The van der Waals surface area contributed by atoms with Crippen molar-refractivity contribution in [3.63, 3.8) is 0 Å². The Morgan fingerprint density at radius 2 is 1.97 bits per heavy atom. The highest BCUT2D eigenvalue weighted by Gasteiger charge is 2.54. The van der Waals surface area contributed by atoms with Crippen LogP contribution in [0.5, 0.6) is 0 Å². The van der Waals surface area contributed by atoms with Gasteiger partial charge in [-0.3, -0.25) is 5.32 Å². The first kappa shape index (κ1) is 22.5. The molecule has 0 spiro atoms. The first-order valence-corrected chi connectivity index (χ1v) is 13.1. The zero-order chi connectivity index (χ0) is 24.0. The number of H-pyrrole nitrogens is 1. The number of fused-ring (bicyclic) bond motifs is 5. The van der Waals surface area contributed by atoms with Crippen molar-refractivity contribution in [3.05, 3.63) is 24.3 Å². The van der Waals surface area contributed by atoms with Gasteiger partial charge in [-0.05, 0) is 75.2 Å². The molecule has 6 rings (SSSR count). The molecule has 35 heavy (non-hydrogen) atoms. The molecule has 3 N–H and O–H groups in total. The van der Waals surface area contributed by atoms with Gasteiger partial charge in [0.1, 0.15) is 23.2 Å². The Morgan fingerprint density at radius 3 is 2.71 bits per heavy atom. The van der Waals surface area contributed by atoms with Gasteiger partial charge < -0.3 is 14.7 Å². The number of imidazole rings is 1. The standard InChI is InChI=1S/C27H33N7O/c28-12-5-18-1-3-19(4-2-18)34-22(32-21-16-31-25-20(24(21)34)6-14-30-25)15-23(35)33-27-9-7-26(17-27,8-10-27)11-13-29/h6,14,16,18-19,23,33,35H,1-5,7-11,15,17H2,(H,30,31)/t18-,19-,23?,26?,27?. The van der Waals surface area contributed by atoms with Gasteiger partial charge in [0.2, 0.25) is 0 Å². The van der Waals surface area contributed by atoms with Crippen LogP contribution in [-0.4, -0.2) is 36.4 Å². The lowest BCUT2D eigenvalue weighted by Gasteiger charge is -2.32. The summed E-state index contributed by atoms with van der Waals surface area (Å²) >= 11 is 0. The zero-order valence-electron chi connectivity index (χ0n) is 20.1. The van der Waals surface area contributed by atoms with E-state index in [0.29, 0.717) is 31.2 Å². The Kier molecular flexibility index (Phi) is 5.55. The minimum absolute atomic E-state index is 0.0576. The molecule has 1 atom stereocenters. The number of hydrogen-bond acceptors (Lipinski definition) is 6. The molecule has 3 aromatic rings. The van der Waals surface area contributed by atoms with Crippen molar-refractivity contribution in [1.29, 1.82) is 10.5 Å². The van der Waals surface area contributed by atoms with E-state index in [1.807, 2.05) is 12.4 Å². The second-order valence-corrected chi connectivity index (χ2v) is 11.3. The van der Waals surface area contributed by atoms with E-state index >= 15 is 0 Å². The third kappa shape index (κ3) is 3.90. The number of nitriles is 2. The smallest absolute Gasteiger partial charge is 0.139 e. The fraction of sp³-hybridized carbons (Fsp3) is 0.630. The maximum atomic E-state index is 11.2. The molecule has 0 radical (unpaired) electrons. The molecule has 0 amide bonds. The van der Waals surface area contributed by atoms with E-state index in [1.54, 1.807) is 0 Å². The van der Waals surface area contributed by atoms with Gasteiger partial charge in [-0.1, -0.05) is 0 Å². The van der Waals surface area contributed by atoms with Crippen LogP contribution in [0.4, 0.5) is 0 Å². The van der Waals surface area contributed by atoms with Crippen LogP contribution in [0, 0.1) is 34.0 Å². The van der Waals surface area contributed by atoms with E-state index in [1.165, 1.54) is 0 Å². The molecular weight excluding hydrogens is 438 g/mol. The zero-order valence-corrected chi connectivity index (χ0v) is 20.1. The second-order valence-electron chi connectivity index (χ2n) is 11.3. The van der Waals surface area contributed by atoms with Crippen LogP contribution in [0.25, 0.3) is 22.1 Å². The minimum Gasteiger partial charge on any atom is -0.378 e. The van der Waals surface area contributed by atoms with Gasteiger partial charge in [-0.2, -0.15) is 10.5 Å². The average molecular weight is 472 g/mol. The number of aromatic amines is 1. The highest BCUT2D eigenvalue weighted by Crippen LogP contribution is 2.58. The van der Waals surface area contributed by atoms with E-state index in [4.69, 9.17) is 10.2 Å². The summed E-state index contributed by atoms with van der Waals surface area (Å²) in [6.07, 6.45) is 14.1. The fourth-order valence-corrected chi connectivity index (χ4v) is 7.42. The molecule has 0 aliphatic heterocycles. The van der Waals surface area contributed by atoms with Crippen LogP contribution in [0.2, 0.25) is 0 Å². The third-order valence-electron chi connectivity index (χ3n) is 9.15. The monoisotopic (exact) mass is 471 g/mol. The lowest BCUT2D eigenvalue weighted by atomic mass is 9.81. The van der Waals surface area contributed by atoms with Gasteiger partial charge >= 0.3 is 0 Å². The summed E-state index contributed by atoms with van der Waals surface area (Å²) in [5.41, 5.74) is 2.90. The van der Waals surface area contributed by atoms with Crippen molar-refractivity contribution in [1.82, 2.24) is 24.8 Å². The normalized spacial score (nSPS) is 31.1. The molecule has 8 heteroatoms. The van der Waals surface area contributed by atoms with Crippen LogP contribution in [0.15, 0.2) is 18.5 Å². The Morgan fingerprint density at radius 1 is 1.17 bits per heavy atom. The highest BCUT2D eigenvalue weighted by atomic mass is 16.3. The summed E-state index contributed by atoms with van der Waals surface area (Å²) in [7, 11) is 0. The number of rotatable bonds is 7. The fourth-order valence-electron chi connectivity index (χ4n) is 7.42. The van der Waals surface area contributed by atoms with Gasteiger partial charge in [0.15, 0.2) is 0 Å². The van der Waals surface area contributed by atoms with Crippen molar-refractivity contribution in [2.75, 3.05) is 0 Å². The van der Waals surface area contributed by atoms with Gasteiger partial charge in [-0.25, -0.2) is 9.97 Å². The van der Waals surface area contributed by atoms with E-state index in [0.717, 1.165) is 85.7 Å². The average Bonchev–Trinajstić information content (AvgIpc) is 3.60. The Labute approximate surface area is 205 Å². The van der Waals surface area contributed by atoms with E-state index in [-0.39, 0.29) is 11.0 Å². The molecule has 3 aliphatic carbocycles. The Bertz CT molecular complexity index is 1310. The van der Waals surface area contributed by atoms with Gasteiger partial charge in [-0.15, -0.1) is 0 Å². The predicted octanol–water partition coefficient (Wildman–Crippen LogP) is 4.62. The maximum absolute atomic E-state index is 11.2. The van der Waals surface area contributed by atoms with Crippen molar-refractivity contribution in [2.45, 2.75) is 94.9 Å². The van der Waals surface area contributed by atoms with Crippen molar-refractivity contribution >= 4 is 22.1 Å². The second kappa shape index (κ2) is 8.62. The molecule has 3 saturated carbocycles. The molecular formula is C27H33N7O. The summed E-state index contributed by atoms with van der Waals surface area (Å²) in [6, 6.07) is 7.10. The number of nitrogens with zero attached hydrogens (tertiary/aromatic N) is 5. The van der Waals surface area contributed by atoms with Crippen LogP contribution >= 0.6 is 0 Å². The lowest BCUT2D eigenvalue weighted by Crippen LogP contribution is -2.48. The van der Waals surface area contributed by atoms with Crippen LogP contribution in [-0.2, 0) is 6.42 Å². The first-order valence-electron chi connectivity index (χ1n) is 13.1. The van der Waals surface area contributed by atoms with Crippen LogP contribution in [0.1, 0.15) is 82.5 Å². The molecule has 0 saturated heterocycles. The number of aromatic nitrogens is 4. The van der Waals surface area contributed by atoms with Gasteiger partial charge in [0, 0.05) is 42.4 Å². The van der Waals surface area contributed by atoms with Crippen molar-refractivity contribution in [2.24, 2.45) is 11.3 Å². The third-order valence-corrected chi connectivity index (χ3v) is 9.15. The number of aliphatic hydroxyl groups excluding tert-OH is 1. The number of nitrogens with one attached hydrogen (secondary N) is 2. The molecule has 0 aromatic carbocycles. The van der Waals surface area contributed by atoms with Crippen LogP contribution in [0.3, 0.4) is 0 Å². The highest BCUT2D eigenvalue weighted by molar-refractivity contribution is 6.01. The first-order chi connectivity index (χ1) is 17.0. The van der Waals surface area contributed by atoms with E-state index in [9.17, 15) is 10.4 Å². The van der Waals surface area contributed by atoms with Gasteiger partial charge in [0.25, 0.3) is 0 Å². The number of hydrogen-bond donors (Lipinski definition) is 3. The largest absolute Gasteiger partial charge is 0.378 e. The Balaban J connectivity index is 1.29. The predicted molar refractivity (Wildman–Crippen MR) is 132 cm³/mol. The lowest BCUT2D eigenvalue weighted by molar-refractivity contribution is 0.0890. The van der Waals surface area contributed by atoms with Crippen molar-refractivity contribution < 1.29 is 5.11 Å². The molecule has 8 nitrogen and oxygen atoms in total. The van der Waals surface area contributed by atoms with E-state index in [2.05, 4.69) is 38.1 Å². The SMILES string of the molecule is N#CCC12CCC(NC(O)Cc3nc4cnc5[nH]ccc5c4n3[C@H]3CC[C@H](CC#N)CC3)(CC1)C2. The summed E-state index contributed by atoms with van der Waals surface area (Å²) in [6.45, 7) is 0. The quantitative estimate of drug-likeness (QED) is 0.432. The summed E-state index contributed by atoms with van der Waals surface area (Å²) in [5.74, 6) is 1.38. The van der Waals surface area contributed by atoms with E-state index < -0.39 is 6.23 Å². The minimum atomic E-state index is -0.689. The maximum Gasteiger partial charge on any atom is 0.139 e. The summed E-state index contributed by atoms with van der Waals surface area (Å²) < 4.78 is 2.36. The molecule has 1 unspecified atom stereocenters. The summed E-state index contributed by atoms with van der Waals surface area (Å²) in [4.78, 5) is 12.8.